The Bertz CT molecular complexity index is 829. The molecule has 3 heterocycles. The Kier molecular flexibility index (Phi) is 4.06. The quantitative estimate of drug-likeness (QED) is 0.751. The molecule has 1 aliphatic carbocycles. The summed E-state index contributed by atoms with van der Waals surface area (Å²) in [6.07, 6.45) is 3.45. The lowest BCUT2D eigenvalue weighted by Gasteiger charge is -2.60. The van der Waals surface area contributed by atoms with Crippen molar-refractivity contribution in [2.45, 2.75) is 25.8 Å². The van der Waals surface area contributed by atoms with Gasteiger partial charge in [0.1, 0.15) is 23.5 Å². The van der Waals surface area contributed by atoms with Crippen LogP contribution in [-0.2, 0) is 4.79 Å². The van der Waals surface area contributed by atoms with Gasteiger partial charge in [-0.1, -0.05) is 11.6 Å². The van der Waals surface area contributed by atoms with E-state index in [1.807, 2.05) is 13.0 Å². The van der Waals surface area contributed by atoms with Crippen molar-refractivity contribution in [3.8, 4) is 0 Å². The number of carbonyl (C=O) groups is 1. The van der Waals surface area contributed by atoms with Crippen LogP contribution < -0.4 is 10.0 Å². The third-order valence-corrected chi connectivity index (χ3v) is 6.17. The summed E-state index contributed by atoms with van der Waals surface area (Å²) in [7, 11) is 0. The minimum Gasteiger partial charge on any atom is -0.480 e. The van der Waals surface area contributed by atoms with Crippen LogP contribution in [0.25, 0.3) is 5.52 Å². The summed E-state index contributed by atoms with van der Waals surface area (Å²) in [5, 5.41) is 19.4. The number of hydrogen-bond donors (Lipinski definition) is 2. The fourth-order valence-electron chi connectivity index (χ4n) is 4.09. The molecule has 1 saturated heterocycles. The van der Waals surface area contributed by atoms with E-state index in [0.29, 0.717) is 5.15 Å². The molecule has 0 aromatic carbocycles. The minimum absolute atomic E-state index is 0.0278. The topological polar surface area (TPSA) is 100.0 Å². The molecule has 4 rings (SSSR count). The zero-order valence-electron chi connectivity index (χ0n) is 13.7. The number of nitrogens with two attached hydrogens (primary N) is 1. The van der Waals surface area contributed by atoms with Crippen LogP contribution in [0.3, 0.4) is 0 Å². The molecule has 1 aliphatic heterocycles. The summed E-state index contributed by atoms with van der Waals surface area (Å²) in [5.41, 5.74) is 2.24. The smallest absolute Gasteiger partial charge is 0.318 e. The first-order valence-corrected chi connectivity index (χ1v) is 9.23. The lowest BCUT2D eigenvalue weighted by atomic mass is 9.60. The van der Waals surface area contributed by atoms with Crippen LogP contribution in [0.2, 0.25) is 5.15 Å². The predicted molar refractivity (Wildman–Crippen MR) is 96.5 cm³/mol. The van der Waals surface area contributed by atoms with Crippen LogP contribution in [0.4, 0.5) is 5.82 Å². The lowest BCUT2D eigenvalue weighted by Crippen LogP contribution is -2.66. The van der Waals surface area contributed by atoms with Gasteiger partial charge < -0.3 is 10.0 Å². The van der Waals surface area contributed by atoms with Crippen LogP contribution in [0.1, 0.15) is 18.4 Å². The highest BCUT2D eigenvalue weighted by Crippen LogP contribution is 2.52. The second-order valence-corrected chi connectivity index (χ2v) is 8.05. The first-order valence-electron chi connectivity index (χ1n) is 8.01. The van der Waals surface area contributed by atoms with Crippen LogP contribution >= 0.6 is 23.7 Å². The van der Waals surface area contributed by atoms with E-state index in [9.17, 15) is 4.79 Å². The van der Waals surface area contributed by atoms with Gasteiger partial charge in [0, 0.05) is 36.7 Å². The van der Waals surface area contributed by atoms with Crippen molar-refractivity contribution >= 4 is 41.0 Å². The van der Waals surface area contributed by atoms with Crippen LogP contribution in [-0.4, -0.2) is 55.7 Å². The average molecular weight is 383 g/mol. The van der Waals surface area contributed by atoms with Crippen molar-refractivity contribution in [1.82, 2.24) is 18.9 Å². The molecule has 1 saturated carbocycles. The normalized spacial score (nSPS) is 19.4. The maximum Gasteiger partial charge on any atom is 0.318 e. The first-order chi connectivity index (χ1) is 11.9. The second kappa shape index (κ2) is 6.01. The van der Waals surface area contributed by atoms with Crippen molar-refractivity contribution in [3.05, 3.63) is 23.1 Å². The molecule has 1 spiro atoms. The molecular weight excluding hydrogens is 364 g/mol. The van der Waals surface area contributed by atoms with Crippen LogP contribution in [0.15, 0.2) is 12.4 Å². The Balaban J connectivity index is 1.45. The predicted octanol–water partition coefficient (Wildman–Crippen LogP) is 1.57. The molecular formula is C15H19ClN6O2S. The monoisotopic (exact) mass is 382 g/mol. The van der Waals surface area contributed by atoms with Crippen molar-refractivity contribution in [1.29, 1.82) is 0 Å². The number of nitrogens with zero attached hydrogens (tertiary/aromatic N) is 5. The molecule has 3 N–H and O–H groups in total. The molecule has 0 radical (unpaired) electrons. The van der Waals surface area contributed by atoms with Gasteiger partial charge >= 0.3 is 5.97 Å². The Morgan fingerprint density at radius 3 is 2.92 bits per heavy atom. The largest absolute Gasteiger partial charge is 0.480 e. The number of aryl methyl sites for hydroxylation is 1. The molecule has 0 unspecified atom stereocenters. The number of aliphatic carboxylic acids is 1. The number of carboxylic acid groups (broad SMARTS) is 1. The number of anilines is 1. The van der Waals surface area contributed by atoms with E-state index in [4.69, 9.17) is 21.8 Å². The highest BCUT2D eigenvalue weighted by Gasteiger charge is 2.54. The Morgan fingerprint density at radius 2 is 2.28 bits per heavy atom. The fourth-order valence-corrected chi connectivity index (χ4v) is 4.89. The zero-order valence-corrected chi connectivity index (χ0v) is 15.3. The van der Waals surface area contributed by atoms with Gasteiger partial charge in [0.25, 0.3) is 0 Å². The van der Waals surface area contributed by atoms with E-state index in [0.717, 1.165) is 55.0 Å². The first kappa shape index (κ1) is 16.9. The van der Waals surface area contributed by atoms with Gasteiger partial charge in [0.2, 0.25) is 0 Å². The Hall–Kier alpha value is -1.55. The molecule has 134 valence electrons. The lowest BCUT2D eigenvalue weighted by molar-refractivity contribution is -0.138. The fraction of sp³-hybridized carbons (Fsp3) is 0.533. The molecule has 8 nitrogen and oxygen atoms in total. The minimum atomic E-state index is -0.849. The van der Waals surface area contributed by atoms with Crippen molar-refractivity contribution in [2.24, 2.45) is 10.6 Å². The number of halogens is 1. The van der Waals surface area contributed by atoms with E-state index >= 15 is 0 Å². The highest BCUT2D eigenvalue weighted by atomic mass is 35.5. The van der Waals surface area contributed by atoms with Gasteiger partial charge in [0.05, 0.1) is 0 Å². The summed E-state index contributed by atoms with van der Waals surface area (Å²) in [4.78, 5) is 17.6. The molecule has 0 bridgehead atoms. The standard InChI is InChI=1S/C15H19ClN6O2S/c1-9-2-11(16)22-13(9)14(18-8-19-22)20-6-15(7-20)3-10(4-15)21(25-17)5-12(23)24/h2,8,10H,3-7,17H2,1H3,(H,23,24). The summed E-state index contributed by atoms with van der Waals surface area (Å²) >= 11 is 7.23. The maximum absolute atomic E-state index is 10.9. The molecule has 25 heavy (non-hydrogen) atoms. The third kappa shape index (κ3) is 2.75. The molecule has 0 atom stereocenters. The summed E-state index contributed by atoms with van der Waals surface area (Å²) in [6, 6.07) is 2.12. The summed E-state index contributed by atoms with van der Waals surface area (Å²) in [6.45, 7) is 3.80. The van der Waals surface area contributed by atoms with Gasteiger partial charge in [-0.05, 0) is 31.4 Å². The van der Waals surface area contributed by atoms with Gasteiger partial charge in [-0.3, -0.25) is 9.93 Å². The van der Waals surface area contributed by atoms with E-state index in [2.05, 4.69) is 15.0 Å². The molecule has 2 fully saturated rings. The molecule has 2 aromatic rings. The van der Waals surface area contributed by atoms with E-state index in [1.165, 1.54) is 6.33 Å². The van der Waals surface area contributed by atoms with Gasteiger partial charge in [-0.25, -0.2) is 13.8 Å². The van der Waals surface area contributed by atoms with Gasteiger partial charge in [0.15, 0.2) is 5.82 Å². The zero-order chi connectivity index (χ0) is 17.8. The van der Waals surface area contributed by atoms with Crippen LogP contribution in [0, 0.1) is 12.3 Å². The number of rotatable bonds is 5. The van der Waals surface area contributed by atoms with Gasteiger partial charge in [-0.2, -0.15) is 5.10 Å². The van der Waals surface area contributed by atoms with Gasteiger partial charge in [-0.15, -0.1) is 0 Å². The number of aromatic nitrogens is 3. The Morgan fingerprint density at radius 1 is 1.56 bits per heavy atom. The maximum atomic E-state index is 10.9. The van der Waals surface area contributed by atoms with Crippen molar-refractivity contribution < 1.29 is 9.90 Å². The molecule has 0 amide bonds. The molecule has 10 heteroatoms. The van der Waals surface area contributed by atoms with E-state index in [1.54, 1.807) is 8.82 Å². The summed E-state index contributed by atoms with van der Waals surface area (Å²) in [5.74, 6) is 0.0576. The van der Waals surface area contributed by atoms with Crippen LogP contribution in [0.5, 0.6) is 0 Å². The number of hydrogen-bond acceptors (Lipinski definition) is 7. The summed E-state index contributed by atoms with van der Waals surface area (Å²) < 4.78 is 3.48. The van der Waals surface area contributed by atoms with Crippen molar-refractivity contribution in [2.75, 3.05) is 24.5 Å². The van der Waals surface area contributed by atoms with E-state index < -0.39 is 5.97 Å². The van der Waals surface area contributed by atoms with Crippen molar-refractivity contribution in [3.63, 3.8) is 0 Å². The SMILES string of the molecule is Cc1cc(Cl)n2ncnc(N3CC4(CC(N(CC(=O)O)SN)C4)C3)c12. The number of carboxylic acids is 1. The Labute approximate surface area is 154 Å². The average Bonchev–Trinajstić information content (AvgIpc) is 2.78. The highest BCUT2D eigenvalue weighted by molar-refractivity contribution is 7.94. The third-order valence-electron chi connectivity index (χ3n) is 5.21. The molecule has 2 aromatic heterocycles. The number of fused-ring (bicyclic) bond motifs is 1. The molecule has 2 aliphatic rings. The van der Waals surface area contributed by atoms with E-state index in [-0.39, 0.29) is 18.0 Å². The second-order valence-electron chi connectivity index (χ2n) is 6.99.